The number of aryl methyl sites for hydroxylation is 1. The topological polar surface area (TPSA) is 97.8 Å². The minimum Gasteiger partial charge on any atom is -0.475 e. The van der Waals surface area contributed by atoms with Gasteiger partial charge in [0.25, 0.3) is 0 Å². The van der Waals surface area contributed by atoms with Crippen molar-refractivity contribution < 1.29 is 19.0 Å². The largest absolute Gasteiger partial charge is 0.475 e. The molecule has 8 nitrogen and oxygen atoms in total. The van der Waals surface area contributed by atoms with Crippen molar-refractivity contribution in [2.45, 2.75) is 19.1 Å². The van der Waals surface area contributed by atoms with Crippen molar-refractivity contribution in [1.82, 2.24) is 9.55 Å². The van der Waals surface area contributed by atoms with Crippen LogP contribution in [0.5, 0.6) is 11.6 Å². The van der Waals surface area contributed by atoms with Crippen LogP contribution in [0.15, 0.2) is 29.1 Å². The second-order valence-corrected chi connectivity index (χ2v) is 5.98. The lowest BCUT2D eigenvalue weighted by atomic mass is 9.97. The minimum atomic E-state index is -0.321. The molecule has 25 heavy (non-hydrogen) atoms. The Labute approximate surface area is 144 Å². The smallest absolute Gasteiger partial charge is 0.351 e. The summed E-state index contributed by atoms with van der Waals surface area (Å²) in [6, 6.07) is 7.33. The maximum atomic E-state index is 12.3. The molecule has 8 heteroatoms. The van der Waals surface area contributed by atoms with Gasteiger partial charge in [-0.2, -0.15) is 10.9 Å². The van der Waals surface area contributed by atoms with E-state index in [2.05, 4.69) is 4.98 Å². The van der Waals surface area contributed by atoms with Crippen molar-refractivity contribution in [1.29, 1.82) is 0 Å². The molecule has 2 aromatic rings. The summed E-state index contributed by atoms with van der Waals surface area (Å²) < 4.78 is 18.2. The monoisotopic (exact) mass is 345 g/mol. The predicted molar refractivity (Wildman–Crippen MR) is 88.5 cm³/mol. The molecule has 2 aliphatic heterocycles. The normalized spacial score (nSPS) is 19.0. The first-order chi connectivity index (χ1) is 12.2. The van der Waals surface area contributed by atoms with Crippen molar-refractivity contribution in [3.63, 3.8) is 0 Å². The molecule has 0 bridgehead atoms. The highest BCUT2D eigenvalue weighted by Gasteiger charge is 2.21. The zero-order valence-corrected chi connectivity index (χ0v) is 13.6. The third-order valence-electron chi connectivity index (χ3n) is 4.38. The van der Waals surface area contributed by atoms with Gasteiger partial charge >= 0.3 is 5.69 Å². The summed E-state index contributed by atoms with van der Waals surface area (Å²) in [4.78, 5) is 21.2. The Morgan fingerprint density at radius 2 is 2.24 bits per heavy atom. The van der Waals surface area contributed by atoms with E-state index in [1.807, 2.05) is 12.1 Å². The van der Waals surface area contributed by atoms with E-state index in [1.54, 1.807) is 16.7 Å². The molecular formula is C17H19N3O5. The number of hydrogen-bond acceptors (Lipinski definition) is 7. The van der Waals surface area contributed by atoms with E-state index < -0.39 is 0 Å². The fraction of sp³-hybridized carbons (Fsp3) is 0.412. The number of aromatic nitrogens is 2. The first kappa shape index (κ1) is 16.1. The van der Waals surface area contributed by atoms with E-state index in [4.69, 9.17) is 24.9 Å². The first-order valence-corrected chi connectivity index (χ1v) is 8.18. The Hall–Kier alpha value is -2.42. The molecule has 0 spiro atoms. The molecule has 2 aliphatic rings. The van der Waals surface area contributed by atoms with Crippen LogP contribution in [0.1, 0.15) is 5.56 Å². The van der Waals surface area contributed by atoms with Crippen LogP contribution in [-0.4, -0.2) is 42.1 Å². The third-order valence-corrected chi connectivity index (χ3v) is 4.38. The van der Waals surface area contributed by atoms with Gasteiger partial charge < -0.3 is 19.0 Å². The van der Waals surface area contributed by atoms with E-state index in [1.165, 1.54) is 0 Å². The molecule has 0 amide bonds. The molecular weight excluding hydrogens is 326 g/mol. The van der Waals surface area contributed by atoms with Crippen LogP contribution >= 0.6 is 0 Å². The van der Waals surface area contributed by atoms with Crippen LogP contribution in [0.4, 0.5) is 0 Å². The number of benzene rings is 1. The SMILES string of the molecule is NOc1ccc2c(c1)CCn1c-2cc(OC[C@@H]2COCCO2)nc1=O. The molecule has 1 aromatic heterocycles. The van der Waals surface area contributed by atoms with Gasteiger partial charge in [0, 0.05) is 18.2 Å². The van der Waals surface area contributed by atoms with Gasteiger partial charge in [-0.05, 0) is 30.2 Å². The van der Waals surface area contributed by atoms with Crippen LogP contribution in [0, 0.1) is 0 Å². The van der Waals surface area contributed by atoms with Crippen molar-refractivity contribution in [3.8, 4) is 22.9 Å². The van der Waals surface area contributed by atoms with Crippen molar-refractivity contribution >= 4 is 0 Å². The van der Waals surface area contributed by atoms with Gasteiger partial charge in [0.2, 0.25) is 5.88 Å². The third kappa shape index (κ3) is 3.23. The first-order valence-electron chi connectivity index (χ1n) is 8.18. The van der Waals surface area contributed by atoms with E-state index in [0.717, 1.165) is 16.8 Å². The second-order valence-electron chi connectivity index (χ2n) is 5.98. The lowest BCUT2D eigenvalue weighted by Crippen LogP contribution is -2.34. The van der Waals surface area contributed by atoms with Crippen LogP contribution in [0.3, 0.4) is 0 Å². The van der Waals surface area contributed by atoms with Gasteiger partial charge in [0.15, 0.2) is 0 Å². The van der Waals surface area contributed by atoms with E-state index >= 15 is 0 Å². The quantitative estimate of drug-likeness (QED) is 0.806. The molecule has 0 saturated carbocycles. The van der Waals surface area contributed by atoms with E-state index in [0.29, 0.717) is 45.1 Å². The number of rotatable bonds is 4. The number of hydrogen-bond donors (Lipinski definition) is 1. The average Bonchev–Trinajstić information content (AvgIpc) is 2.66. The number of ether oxygens (including phenoxy) is 3. The van der Waals surface area contributed by atoms with Crippen molar-refractivity contribution in [3.05, 3.63) is 40.3 Å². The zero-order chi connectivity index (χ0) is 17.2. The molecule has 1 aromatic carbocycles. The van der Waals surface area contributed by atoms with Crippen LogP contribution in [-0.2, 0) is 22.4 Å². The molecule has 1 atom stereocenters. The highest BCUT2D eigenvalue weighted by Crippen LogP contribution is 2.32. The number of nitrogens with two attached hydrogens (primary N) is 1. The van der Waals surface area contributed by atoms with Gasteiger partial charge in [-0.25, -0.2) is 4.79 Å². The summed E-state index contributed by atoms with van der Waals surface area (Å²) in [5.74, 6) is 6.11. The summed E-state index contributed by atoms with van der Waals surface area (Å²) in [7, 11) is 0. The van der Waals surface area contributed by atoms with Crippen molar-refractivity contribution in [2.75, 3.05) is 26.4 Å². The number of nitrogens with zero attached hydrogens (tertiary/aromatic N) is 2. The predicted octanol–water partition coefficient (Wildman–Crippen LogP) is 0.513. The molecule has 4 rings (SSSR count). The van der Waals surface area contributed by atoms with Gasteiger partial charge in [-0.1, -0.05) is 0 Å². The van der Waals surface area contributed by atoms with Gasteiger partial charge in [0.05, 0.1) is 25.5 Å². The fourth-order valence-electron chi connectivity index (χ4n) is 3.14. The lowest BCUT2D eigenvalue weighted by Gasteiger charge is -2.24. The Morgan fingerprint density at radius 3 is 3.04 bits per heavy atom. The summed E-state index contributed by atoms with van der Waals surface area (Å²) in [5, 5.41) is 0. The Bertz CT molecular complexity index is 830. The van der Waals surface area contributed by atoms with Crippen molar-refractivity contribution in [2.24, 2.45) is 5.90 Å². The summed E-state index contributed by atoms with van der Waals surface area (Å²) in [5.41, 5.74) is 2.48. The molecule has 1 saturated heterocycles. The zero-order valence-electron chi connectivity index (χ0n) is 13.6. The molecule has 1 fully saturated rings. The van der Waals surface area contributed by atoms with Gasteiger partial charge in [-0.15, -0.1) is 0 Å². The van der Waals surface area contributed by atoms with Gasteiger partial charge in [-0.3, -0.25) is 4.57 Å². The summed E-state index contributed by atoms with van der Waals surface area (Å²) in [6.45, 7) is 2.48. The Morgan fingerprint density at radius 1 is 1.32 bits per heavy atom. The maximum absolute atomic E-state index is 12.3. The van der Waals surface area contributed by atoms with Crippen LogP contribution in [0.25, 0.3) is 11.3 Å². The number of fused-ring (bicyclic) bond motifs is 3. The van der Waals surface area contributed by atoms with Crippen LogP contribution < -0.4 is 21.2 Å². The second kappa shape index (κ2) is 6.83. The van der Waals surface area contributed by atoms with Gasteiger partial charge in [0.1, 0.15) is 18.5 Å². The van der Waals surface area contributed by atoms with E-state index in [-0.39, 0.29) is 17.7 Å². The maximum Gasteiger partial charge on any atom is 0.351 e. The summed E-state index contributed by atoms with van der Waals surface area (Å²) >= 11 is 0. The standard InChI is InChI=1S/C17H19N3O5/c18-25-12-1-2-14-11(7-12)3-4-20-15(14)8-16(19-17(20)21)24-10-13-9-22-5-6-23-13/h1-2,7-8,13H,3-6,9-10,18H2/t13-/m0/s1. The minimum absolute atomic E-state index is 0.147. The van der Waals surface area contributed by atoms with E-state index in [9.17, 15) is 4.79 Å². The molecule has 2 N–H and O–H groups in total. The molecule has 132 valence electrons. The summed E-state index contributed by atoms with van der Waals surface area (Å²) in [6.07, 6.45) is 0.570. The van der Waals surface area contributed by atoms with Crippen LogP contribution in [0.2, 0.25) is 0 Å². The molecule has 0 aliphatic carbocycles. The Balaban J connectivity index is 1.61. The molecule has 3 heterocycles. The molecule has 0 unspecified atom stereocenters. The lowest BCUT2D eigenvalue weighted by molar-refractivity contribution is -0.102. The Kier molecular flexibility index (Phi) is 4.39. The molecule has 0 radical (unpaired) electrons. The highest BCUT2D eigenvalue weighted by molar-refractivity contribution is 5.67. The fourth-order valence-corrected chi connectivity index (χ4v) is 3.14. The highest BCUT2D eigenvalue weighted by atomic mass is 16.6. The average molecular weight is 345 g/mol.